The zero-order valence-corrected chi connectivity index (χ0v) is 18.0. The Kier molecular flexibility index (Phi) is 6.10. The van der Waals surface area contributed by atoms with Gasteiger partial charge in [-0.2, -0.15) is 0 Å². The minimum Gasteiger partial charge on any atom is -0.461 e. The number of carbonyl (C=O) groups excluding carboxylic acids is 3. The SMILES string of the molecule is CCOC(=O)c1c(C)c(C(=O)C(C)N(C(=O)c2ccc(F)cc2)C2CC2)c(C)n1C. The number of ketones is 1. The Bertz CT molecular complexity index is 990. The number of nitrogens with zero attached hydrogens (tertiary/aromatic N) is 2. The van der Waals surface area contributed by atoms with Crippen molar-refractivity contribution in [1.29, 1.82) is 0 Å². The summed E-state index contributed by atoms with van der Waals surface area (Å²) in [5, 5.41) is 0. The van der Waals surface area contributed by atoms with Gasteiger partial charge in [0.15, 0.2) is 5.78 Å². The molecule has 0 radical (unpaired) electrons. The van der Waals surface area contributed by atoms with Crippen LogP contribution in [0.3, 0.4) is 0 Å². The Hall–Kier alpha value is -2.96. The fourth-order valence-corrected chi connectivity index (χ4v) is 3.92. The van der Waals surface area contributed by atoms with E-state index in [0.717, 1.165) is 12.8 Å². The quantitative estimate of drug-likeness (QED) is 0.510. The molecule has 1 amide bonds. The van der Waals surface area contributed by atoms with E-state index >= 15 is 0 Å². The molecular formula is C23H27FN2O4. The van der Waals surface area contributed by atoms with Crippen molar-refractivity contribution in [3.8, 4) is 0 Å². The summed E-state index contributed by atoms with van der Waals surface area (Å²) in [6.45, 7) is 7.18. The molecule has 1 aromatic carbocycles. The smallest absolute Gasteiger partial charge is 0.355 e. The monoisotopic (exact) mass is 414 g/mol. The molecule has 160 valence electrons. The molecule has 30 heavy (non-hydrogen) atoms. The Morgan fingerprint density at radius 2 is 1.80 bits per heavy atom. The summed E-state index contributed by atoms with van der Waals surface area (Å²) in [6.07, 6.45) is 1.65. The molecule has 1 aliphatic rings. The number of hydrogen-bond acceptors (Lipinski definition) is 4. The van der Waals surface area contributed by atoms with Crippen LogP contribution < -0.4 is 0 Å². The topological polar surface area (TPSA) is 68.6 Å². The van der Waals surface area contributed by atoms with Gasteiger partial charge in [-0.1, -0.05) is 0 Å². The minimum atomic E-state index is -0.718. The molecule has 1 saturated carbocycles. The molecule has 1 heterocycles. The predicted octanol–water partition coefficient (Wildman–Crippen LogP) is 3.83. The lowest BCUT2D eigenvalue weighted by Gasteiger charge is -2.29. The van der Waals surface area contributed by atoms with Crippen molar-refractivity contribution in [2.45, 2.75) is 52.6 Å². The van der Waals surface area contributed by atoms with Crippen LogP contribution in [0.5, 0.6) is 0 Å². The summed E-state index contributed by atoms with van der Waals surface area (Å²) >= 11 is 0. The van der Waals surface area contributed by atoms with Gasteiger partial charge in [-0.3, -0.25) is 9.59 Å². The van der Waals surface area contributed by atoms with E-state index in [0.29, 0.717) is 28.1 Å². The number of carbonyl (C=O) groups is 3. The van der Waals surface area contributed by atoms with Crippen molar-refractivity contribution in [2.75, 3.05) is 6.61 Å². The van der Waals surface area contributed by atoms with Crippen molar-refractivity contribution in [2.24, 2.45) is 7.05 Å². The highest BCUT2D eigenvalue weighted by molar-refractivity contribution is 6.07. The third-order valence-corrected chi connectivity index (χ3v) is 5.71. The van der Waals surface area contributed by atoms with Gasteiger partial charge in [-0.15, -0.1) is 0 Å². The molecule has 0 saturated heterocycles. The second-order valence-corrected chi connectivity index (χ2v) is 7.70. The first-order valence-electron chi connectivity index (χ1n) is 10.1. The Morgan fingerprint density at radius 3 is 2.33 bits per heavy atom. The number of rotatable bonds is 7. The molecule has 1 unspecified atom stereocenters. The van der Waals surface area contributed by atoms with Crippen LogP contribution in [0.2, 0.25) is 0 Å². The summed E-state index contributed by atoms with van der Waals surface area (Å²) in [7, 11) is 1.72. The summed E-state index contributed by atoms with van der Waals surface area (Å²) < 4.78 is 20.1. The molecule has 0 aliphatic heterocycles. The van der Waals surface area contributed by atoms with Crippen LogP contribution in [-0.4, -0.2) is 45.8 Å². The van der Waals surface area contributed by atoms with Crippen LogP contribution in [0.4, 0.5) is 4.39 Å². The Morgan fingerprint density at radius 1 is 1.20 bits per heavy atom. The second kappa shape index (κ2) is 8.42. The zero-order valence-electron chi connectivity index (χ0n) is 18.0. The van der Waals surface area contributed by atoms with Crippen molar-refractivity contribution in [3.63, 3.8) is 0 Å². The number of ether oxygens (including phenoxy) is 1. The first kappa shape index (κ1) is 21.7. The number of aromatic nitrogens is 1. The van der Waals surface area contributed by atoms with E-state index in [1.807, 2.05) is 0 Å². The normalized spacial score (nSPS) is 14.3. The van der Waals surface area contributed by atoms with Crippen molar-refractivity contribution in [1.82, 2.24) is 9.47 Å². The zero-order chi connectivity index (χ0) is 22.2. The highest BCUT2D eigenvalue weighted by Gasteiger charge is 2.40. The van der Waals surface area contributed by atoms with Gasteiger partial charge in [0.25, 0.3) is 5.91 Å². The van der Waals surface area contributed by atoms with E-state index in [1.165, 1.54) is 24.3 Å². The maximum absolute atomic E-state index is 13.5. The molecule has 3 rings (SSSR count). The molecule has 1 fully saturated rings. The van der Waals surface area contributed by atoms with E-state index in [1.54, 1.807) is 44.2 Å². The number of hydrogen-bond donors (Lipinski definition) is 0. The van der Waals surface area contributed by atoms with Crippen molar-refractivity contribution in [3.05, 3.63) is 58.2 Å². The standard InChI is InChI=1S/C23H27FN2O4/c1-6-30-23(29)20-13(2)19(14(3)25(20)5)21(27)15(4)26(18-11-12-18)22(28)16-7-9-17(24)10-8-16/h7-10,15,18H,6,11-12H2,1-5H3. The van der Waals surface area contributed by atoms with Gasteiger partial charge in [0.1, 0.15) is 11.5 Å². The summed E-state index contributed by atoms with van der Waals surface area (Å²) in [5.41, 5.74) is 2.32. The Balaban J connectivity index is 1.95. The lowest BCUT2D eigenvalue weighted by Crippen LogP contribution is -2.45. The fourth-order valence-electron chi connectivity index (χ4n) is 3.92. The molecule has 1 atom stereocenters. The van der Waals surface area contributed by atoms with Crippen LogP contribution in [0, 0.1) is 19.7 Å². The van der Waals surface area contributed by atoms with Gasteiger partial charge >= 0.3 is 5.97 Å². The second-order valence-electron chi connectivity index (χ2n) is 7.70. The average molecular weight is 414 g/mol. The predicted molar refractivity (Wildman–Crippen MR) is 110 cm³/mol. The minimum absolute atomic E-state index is 0.0182. The third kappa shape index (κ3) is 3.88. The van der Waals surface area contributed by atoms with Crippen molar-refractivity contribution < 1.29 is 23.5 Å². The molecule has 1 aromatic heterocycles. The molecule has 0 bridgehead atoms. The first-order chi connectivity index (χ1) is 14.2. The fraction of sp³-hybridized carbons (Fsp3) is 0.435. The molecule has 0 N–H and O–H groups in total. The average Bonchev–Trinajstić information content (AvgIpc) is 3.50. The van der Waals surface area contributed by atoms with Gasteiger partial charge in [0.2, 0.25) is 0 Å². The van der Waals surface area contributed by atoms with Crippen LogP contribution in [0.25, 0.3) is 0 Å². The highest BCUT2D eigenvalue weighted by atomic mass is 19.1. The molecule has 2 aromatic rings. The molecule has 6 nitrogen and oxygen atoms in total. The molecule has 0 spiro atoms. The number of amides is 1. The van der Waals surface area contributed by atoms with E-state index in [-0.39, 0.29) is 24.3 Å². The molecule has 1 aliphatic carbocycles. The van der Waals surface area contributed by atoms with Crippen LogP contribution >= 0.6 is 0 Å². The maximum Gasteiger partial charge on any atom is 0.355 e. The van der Waals surface area contributed by atoms with E-state index in [4.69, 9.17) is 4.74 Å². The van der Waals surface area contributed by atoms with Gasteiger partial charge in [0, 0.05) is 29.9 Å². The van der Waals surface area contributed by atoms with E-state index in [9.17, 15) is 18.8 Å². The molecule has 7 heteroatoms. The lowest BCUT2D eigenvalue weighted by molar-refractivity contribution is 0.0513. The van der Waals surface area contributed by atoms with Crippen LogP contribution in [-0.2, 0) is 11.8 Å². The summed E-state index contributed by atoms with van der Waals surface area (Å²) in [6, 6.07) is 4.61. The number of esters is 1. The van der Waals surface area contributed by atoms with Crippen molar-refractivity contribution >= 4 is 17.7 Å². The van der Waals surface area contributed by atoms with Crippen LogP contribution in [0.1, 0.15) is 69.2 Å². The third-order valence-electron chi connectivity index (χ3n) is 5.71. The van der Waals surface area contributed by atoms with Gasteiger partial charge in [0.05, 0.1) is 12.6 Å². The van der Waals surface area contributed by atoms with E-state index < -0.39 is 17.8 Å². The lowest BCUT2D eigenvalue weighted by atomic mass is 9.99. The largest absolute Gasteiger partial charge is 0.461 e. The van der Waals surface area contributed by atoms with Crippen LogP contribution in [0.15, 0.2) is 24.3 Å². The molecular weight excluding hydrogens is 387 g/mol. The Labute approximate surface area is 175 Å². The summed E-state index contributed by atoms with van der Waals surface area (Å²) in [5.74, 6) is -1.42. The first-order valence-corrected chi connectivity index (χ1v) is 10.1. The number of benzene rings is 1. The maximum atomic E-state index is 13.5. The highest BCUT2D eigenvalue weighted by Crippen LogP contribution is 2.32. The van der Waals surface area contributed by atoms with Gasteiger partial charge < -0.3 is 14.2 Å². The summed E-state index contributed by atoms with van der Waals surface area (Å²) in [4.78, 5) is 40.6. The van der Waals surface area contributed by atoms with Gasteiger partial charge in [-0.05, 0) is 70.4 Å². The van der Waals surface area contributed by atoms with E-state index in [2.05, 4.69) is 0 Å². The number of Topliss-reactive ketones (excluding diaryl/α,β-unsaturated/α-hetero) is 1. The van der Waals surface area contributed by atoms with Gasteiger partial charge in [-0.25, -0.2) is 9.18 Å². The number of halogens is 1.